The molecule has 0 radical (unpaired) electrons. The SMILES string of the molecule is CCOC(=O)c1n[nH]nc1-c1cccc(-c2ccccc2C(=O)O)c1. The minimum absolute atomic E-state index is 0.0884. The smallest absolute Gasteiger partial charge is 0.361 e. The fraction of sp³-hybridized carbons (Fsp3) is 0.111. The quantitative estimate of drug-likeness (QED) is 0.693. The molecular formula is C18H15N3O4. The minimum atomic E-state index is -1.00. The summed E-state index contributed by atoms with van der Waals surface area (Å²) >= 11 is 0. The van der Waals surface area contributed by atoms with Crippen LogP contribution >= 0.6 is 0 Å². The molecular weight excluding hydrogens is 322 g/mol. The first-order valence-electron chi connectivity index (χ1n) is 7.62. The average Bonchev–Trinajstić information content (AvgIpc) is 3.12. The number of esters is 1. The molecule has 0 aliphatic carbocycles. The van der Waals surface area contributed by atoms with Gasteiger partial charge in [-0.05, 0) is 30.2 Å². The van der Waals surface area contributed by atoms with E-state index in [1.165, 1.54) is 0 Å². The zero-order valence-electron chi connectivity index (χ0n) is 13.4. The second-order valence-electron chi connectivity index (χ2n) is 5.17. The second-order valence-corrected chi connectivity index (χ2v) is 5.17. The van der Waals surface area contributed by atoms with Crippen LogP contribution in [0.1, 0.15) is 27.8 Å². The van der Waals surface area contributed by atoms with Crippen molar-refractivity contribution in [2.75, 3.05) is 6.61 Å². The van der Waals surface area contributed by atoms with Crippen molar-refractivity contribution < 1.29 is 19.4 Å². The Bertz CT molecular complexity index is 933. The molecule has 25 heavy (non-hydrogen) atoms. The van der Waals surface area contributed by atoms with E-state index in [0.29, 0.717) is 22.4 Å². The Kier molecular flexibility index (Phi) is 4.56. The van der Waals surface area contributed by atoms with Crippen LogP contribution in [0.4, 0.5) is 0 Å². The molecule has 0 amide bonds. The number of aromatic carboxylic acids is 1. The van der Waals surface area contributed by atoms with Crippen LogP contribution in [0, 0.1) is 0 Å². The lowest BCUT2D eigenvalue weighted by molar-refractivity contribution is 0.0520. The molecule has 0 aliphatic heterocycles. The number of carbonyl (C=O) groups is 2. The summed E-state index contributed by atoms with van der Waals surface area (Å²) in [5.74, 6) is -1.57. The maximum Gasteiger partial charge on any atom is 0.361 e. The third-order valence-corrected chi connectivity index (χ3v) is 3.62. The number of carboxylic acid groups (broad SMARTS) is 1. The number of nitrogens with zero attached hydrogens (tertiary/aromatic N) is 2. The zero-order chi connectivity index (χ0) is 17.8. The van der Waals surface area contributed by atoms with Crippen molar-refractivity contribution in [1.82, 2.24) is 15.4 Å². The van der Waals surface area contributed by atoms with E-state index in [0.717, 1.165) is 0 Å². The first-order chi connectivity index (χ1) is 12.1. The highest BCUT2D eigenvalue weighted by Crippen LogP contribution is 2.29. The van der Waals surface area contributed by atoms with Gasteiger partial charge in [-0.1, -0.05) is 36.4 Å². The van der Waals surface area contributed by atoms with Gasteiger partial charge in [0, 0.05) is 5.56 Å². The van der Waals surface area contributed by atoms with E-state index in [2.05, 4.69) is 15.4 Å². The molecule has 3 rings (SSSR count). The number of ether oxygens (including phenoxy) is 1. The summed E-state index contributed by atoms with van der Waals surface area (Å²) < 4.78 is 4.97. The van der Waals surface area contributed by atoms with Crippen LogP contribution in [0.2, 0.25) is 0 Å². The van der Waals surface area contributed by atoms with Crippen LogP contribution in [-0.4, -0.2) is 39.1 Å². The van der Waals surface area contributed by atoms with Gasteiger partial charge in [0.25, 0.3) is 0 Å². The first kappa shape index (κ1) is 16.4. The molecule has 3 aromatic rings. The standard InChI is InChI=1S/C18H15N3O4/c1-2-25-18(24)16-15(19-21-20-16)12-7-5-6-11(10-12)13-8-3-4-9-14(13)17(22)23/h3-10H,2H2,1H3,(H,22,23)(H,19,20,21). The molecule has 0 atom stereocenters. The molecule has 0 unspecified atom stereocenters. The van der Waals surface area contributed by atoms with Gasteiger partial charge in [0.15, 0.2) is 5.69 Å². The lowest BCUT2D eigenvalue weighted by Gasteiger charge is -2.08. The predicted octanol–water partition coefficient (Wildman–Crippen LogP) is 3.01. The Morgan fingerprint density at radius 1 is 1.08 bits per heavy atom. The first-order valence-corrected chi connectivity index (χ1v) is 7.62. The lowest BCUT2D eigenvalue weighted by Crippen LogP contribution is -2.06. The van der Waals surface area contributed by atoms with E-state index in [-0.39, 0.29) is 17.9 Å². The van der Waals surface area contributed by atoms with E-state index >= 15 is 0 Å². The maximum atomic E-state index is 12.0. The average molecular weight is 337 g/mol. The minimum Gasteiger partial charge on any atom is -0.478 e. The van der Waals surface area contributed by atoms with Crippen LogP contribution in [-0.2, 0) is 4.74 Å². The zero-order valence-corrected chi connectivity index (χ0v) is 13.4. The van der Waals surface area contributed by atoms with E-state index in [1.54, 1.807) is 55.5 Å². The van der Waals surface area contributed by atoms with Gasteiger partial charge in [0.05, 0.1) is 12.2 Å². The molecule has 126 valence electrons. The highest BCUT2D eigenvalue weighted by molar-refractivity contribution is 5.97. The number of rotatable bonds is 5. The number of carboxylic acids is 1. The second kappa shape index (κ2) is 6.96. The fourth-order valence-electron chi connectivity index (χ4n) is 2.53. The molecule has 1 heterocycles. The largest absolute Gasteiger partial charge is 0.478 e. The molecule has 0 saturated carbocycles. The number of hydrogen-bond donors (Lipinski definition) is 2. The van der Waals surface area contributed by atoms with Gasteiger partial charge in [0.2, 0.25) is 0 Å². The van der Waals surface area contributed by atoms with Crippen LogP contribution in [0.5, 0.6) is 0 Å². The molecule has 1 aromatic heterocycles. The van der Waals surface area contributed by atoms with Crippen LogP contribution in [0.15, 0.2) is 48.5 Å². The van der Waals surface area contributed by atoms with Crippen molar-refractivity contribution in [1.29, 1.82) is 0 Å². The molecule has 7 heteroatoms. The summed E-state index contributed by atoms with van der Waals surface area (Å²) in [6, 6.07) is 13.8. The van der Waals surface area contributed by atoms with E-state index in [4.69, 9.17) is 4.74 Å². The predicted molar refractivity (Wildman–Crippen MR) is 90.2 cm³/mol. The normalized spacial score (nSPS) is 10.4. The van der Waals surface area contributed by atoms with Gasteiger partial charge in [-0.15, -0.1) is 5.10 Å². The van der Waals surface area contributed by atoms with Crippen molar-refractivity contribution in [3.05, 3.63) is 59.8 Å². The molecule has 7 nitrogen and oxygen atoms in total. The van der Waals surface area contributed by atoms with Crippen molar-refractivity contribution in [3.63, 3.8) is 0 Å². The summed E-state index contributed by atoms with van der Waals surface area (Å²) in [4.78, 5) is 23.4. The molecule has 0 bridgehead atoms. The van der Waals surface area contributed by atoms with Gasteiger partial charge in [0.1, 0.15) is 5.69 Å². The van der Waals surface area contributed by atoms with Gasteiger partial charge < -0.3 is 9.84 Å². The third-order valence-electron chi connectivity index (χ3n) is 3.62. The Balaban J connectivity index is 2.06. The van der Waals surface area contributed by atoms with Gasteiger partial charge in [-0.25, -0.2) is 9.59 Å². The molecule has 0 spiro atoms. The van der Waals surface area contributed by atoms with Crippen molar-refractivity contribution >= 4 is 11.9 Å². The highest BCUT2D eigenvalue weighted by atomic mass is 16.5. The van der Waals surface area contributed by atoms with Gasteiger partial charge in [-0.2, -0.15) is 10.3 Å². The van der Waals surface area contributed by atoms with Crippen molar-refractivity contribution in [3.8, 4) is 22.4 Å². The summed E-state index contributed by atoms with van der Waals surface area (Å²) in [5, 5.41) is 19.7. The summed E-state index contributed by atoms with van der Waals surface area (Å²) in [6.07, 6.45) is 0. The van der Waals surface area contributed by atoms with Gasteiger partial charge in [-0.3, -0.25) is 0 Å². The lowest BCUT2D eigenvalue weighted by atomic mass is 9.97. The number of benzene rings is 2. The van der Waals surface area contributed by atoms with Crippen LogP contribution in [0.3, 0.4) is 0 Å². The van der Waals surface area contributed by atoms with E-state index in [1.807, 2.05) is 0 Å². The van der Waals surface area contributed by atoms with Crippen molar-refractivity contribution in [2.24, 2.45) is 0 Å². The van der Waals surface area contributed by atoms with Crippen LogP contribution < -0.4 is 0 Å². The Morgan fingerprint density at radius 3 is 2.60 bits per heavy atom. The Hall–Kier alpha value is -3.48. The number of aromatic amines is 1. The Morgan fingerprint density at radius 2 is 1.84 bits per heavy atom. The summed E-state index contributed by atoms with van der Waals surface area (Å²) in [6.45, 7) is 1.94. The maximum absolute atomic E-state index is 12.0. The van der Waals surface area contributed by atoms with Crippen molar-refractivity contribution in [2.45, 2.75) is 6.92 Å². The molecule has 2 N–H and O–H groups in total. The van der Waals surface area contributed by atoms with E-state index < -0.39 is 11.9 Å². The number of carbonyl (C=O) groups excluding carboxylic acids is 1. The van der Waals surface area contributed by atoms with Crippen LogP contribution in [0.25, 0.3) is 22.4 Å². The van der Waals surface area contributed by atoms with E-state index in [9.17, 15) is 14.7 Å². The summed E-state index contributed by atoms with van der Waals surface area (Å²) in [7, 11) is 0. The molecule has 0 aliphatic rings. The highest BCUT2D eigenvalue weighted by Gasteiger charge is 2.20. The molecule has 0 saturated heterocycles. The number of aromatic nitrogens is 3. The third kappa shape index (κ3) is 3.25. The fourth-order valence-corrected chi connectivity index (χ4v) is 2.53. The number of H-pyrrole nitrogens is 1. The summed E-state index contributed by atoms with van der Waals surface area (Å²) in [5.41, 5.74) is 2.56. The molecule has 0 fully saturated rings. The Labute approximate surface area is 143 Å². The molecule has 2 aromatic carbocycles. The monoisotopic (exact) mass is 337 g/mol. The number of nitrogens with one attached hydrogen (secondary N) is 1. The number of hydrogen-bond acceptors (Lipinski definition) is 5. The van der Waals surface area contributed by atoms with Gasteiger partial charge >= 0.3 is 11.9 Å². The topological polar surface area (TPSA) is 105 Å².